The van der Waals surface area contributed by atoms with Crippen molar-refractivity contribution < 1.29 is 23.2 Å². The zero-order chi connectivity index (χ0) is 25.3. The molecule has 12 heteroatoms. The summed E-state index contributed by atoms with van der Waals surface area (Å²) in [6.07, 6.45) is 4.94. The van der Waals surface area contributed by atoms with E-state index in [-0.39, 0.29) is 41.7 Å². The number of hydrogen-bond donors (Lipinski definition) is 1. The zero-order valence-corrected chi connectivity index (χ0v) is 20.4. The molecule has 6 heterocycles. The monoisotopic (exact) mass is 507 g/mol. The summed E-state index contributed by atoms with van der Waals surface area (Å²) in [5.74, 6) is 0.102. The van der Waals surface area contributed by atoms with Crippen molar-refractivity contribution in [3.05, 3.63) is 41.7 Å². The van der Waals surface area contributed by atoms with Crippen LogP contribution in [0.3, 0.4) is 0 Å². The van der Waals surface area contributed by atoms with E-state index in [1.165, 1.54) is 4.90 Å². The first kappa shape index (κ1) is 22.5. The molecule has 4 aliphatic heterocycles. The number of halogens is 1. The largest absolute Gasteiger partial charge is 0.446 e. The Bertz CT molecular complexity index is 1420. The average molecular weight is 508 g/mol. The molecule has 7 rings (SSSR count). The third-order valence-corrected chi connectivity index (χ3v) is 7.81. The van der Waals surface area contributed by atoms with Crippen molar-refractivity contribution >= 4 is 34.8 Å². The van der Waals surface area contributed by atoms with Gasteiger partial charge in [-0.05, 0) is 38.0 Å². The van der Waals surface area contributed by atoms with E-state index in [1.54, 1.807) is 18.5 Å². The van der Waals surface area contributed by atoms with Crippen LogP contribution in [0.25, 0.3) is 11.0 Å². The number of benzene rings is 1. The number of nitrogens with zero attached hydrogens (tertiary/aromatic N) is 6. The molecule has 5 atom stereocenters. The fraction of sp³-hybridized carbons (Fsp3) is 0.480. The van der Waals surface area contributed by atoms with Gasteiger partial charge in [0.15, 0.2) is 17.5 Å². The molecule has 192 valence electrons. The fourth-order valence-electron chi connectivity index (χ4n) is 6.53. The number of carbonyl (C=O) groups excluding carboxylic acids is 1. The number of cyclic esters (lactones) is 1. The lowest BCUT2D eigenvalue weighted by Gasteiger charge is -2.56. The molecule has 2 fully saturated rings. The van der Waals surface area contributed by atoms with Crippen molar-refractivity contribution in [1.82, 2.24) is 20.4 Å². The number of fused-ring (bicyclic) bond motifs is 5. The number of ether oxygens (including phenoxy) is 2. The molecule has 11 nitrogen and oxygen atoms in total. The number of hydrogen-bond acceptors (Lipinski definition) is 10. The Morgan fingerprint density at radius 2 is 2.08 bits per heavy atom. The van der Waals surface area contributed by atoms with Crippen LogP contribution < -0.4 is 15.1 Å². The molecule has 1 aromatic carbocycles. The Hall–Kier alpha value is -3.64. The molecule has 1 unspecified atom stereocenters. The topological polar surface area (TPSA) is 118 Å². The maximum absolute atomic E-state index is 16.3. The highest BCUT2D eigenvalue weighted by Gasteiger charge is 2.53. The summed E-state index contributed by atoms with van der Waals surface area (Å²) in [7, 11) is 0. The Balaban J connectivity index is 1.39. The van der Waals surface area contributed by atoms with Crippen LogP contribution >= 0.6 is 0 Å². The normalized spacial score (nSPS) is 31.1. The highest BCUT2D eigenvalue weighted by Crippen LogP contribution is 2.49. The molecular weight excluding hydrogens is 481 g/mol. The standard InChI is InChI=1S/C25H26FN7O4/c1-13-8-32-19-15(7-25(10-27-12-28-11-25)21(32)14(2)36-13)6-16-20(18(19)26)37-31-23(16)33-17(9-35-24(33)34)22-29-4-3-5-30-22/h3-6,10,13-14,17,21,28H,7-9,11-12H2,1-2H3/t13-,14+,17+,21-,25?/m1/s1. The van der Waals surface area contributed by atoms with E-state index in [1.807, 2.05) is 26.1 Å². The lowest BCUT2D eigenvalue weighted by molar-refractivity contribution is -0.0522. The first-order valence-corrected chi connectivity index (χ1v) is 12.4. The molecule has 0 radical (unpaired) electrons. The summed E-state index contributed by atoms with van der Waals surface area (Å²) in [5.41, 5.74) is 0.925. The van der Waals surface area contributed by atoms with Crippen molar-refractivity contribution in [1.29, 1.82) is 0 Å². The van der Waals surface area contributed by atoms with Crippen LogP contribution in [0.2, 0.25) is 0 Å². The molecule has 1 N–H and O–H groups in total. The molecule has 1 amide bonds. The number of anilines is 2. The maximum atomic E-state index is 16.3. The van der Waals surface area contributed by atoms with E-state index >= 15 is 4.39 Å². The third-order valence-electron chi connectivity index (χ3n) is 7.81. The molecule has 1 spiro atoms. The van der Waals surface area contributed by atoms with Crippen LogP contribution in [0.1, 0.15) is 31.3 Å². The van der Waals surface area contributed by atoms with Crippen molar-refractivity contribution in [2.24, 2.45) is 10.4 Å². The number of aromatic nitrogens is 3. The summed E-state index contributed by atoms with van der Waals surface area (Å²) in [5, 5.41) is 7.93. The van der Waals surface area contributed by atoms with Crippen molar-refractivity contribution in [2.75, 3.05) is 36.2 Å². The van der Waals surface area contributed by atoms with E-state index < -0.39 is 18.0 Å². The third kappa shape index (κ3) is 3.28. The van der Waals surface area contributed by atoms with Crippen molar-refractivity contribution in [3.63, 3.8) is 0 Å². The van der Waals surface area contributed by atoms with Crippen LogP contribution in [-0.4, -0.2) is 72.0 Å². The van der Waals surface area contributed by atoms with Gasteiger partial charge in [-0.3, -0.25) is 10.3 Å². The van der Waals surface area contributed by atoms with Gasteiger partial charge in [0.25, 0.3) is 0 Å². The molecule has 37 heavy (non-hydrogen) atoms. The van der Waals surface area contributed by atoms with Gasteiger partial charge in [-0.2, -0.15) is 0 Å². The summed E-state index contributed by atoms with van der Waals surface area (Å²) in [6.45, 7) is 5.87. The SMILES string of the molecule is C[C@@H]1CN2c3c(cc4c(N5C(=O)OC[C@H]5c5ncccn5)noc4c3F)CC3(C=NCNC3)[C@H]2[C@H](C)O1. The summed E-state index contributed by atoms with van der Waals surface area (Å²) in [6, 6.07) is 2.88. The number of nitrogens with one attached hydrogen (secondary N) is 1. The summed E-state index contributed by atoms with van der Waals surface area (Å²) in [4.78, 5) is 29.4. The van der Waals surface area contributed by atoms with Gasteiger partial charge in [0, 0.05) is 37.1 Å². The van der Waals surface area contributed by atoms with Gasteiger partial charge in [0.2, 0.25) is 5.58 Å². The van der Waals surface area contributed by atoms with E-state index in [0.717, 1.165) is 5.56 Å². The van der Waals surface area contributed by atoms with E-state index in [4.69, 9.17) is 14.0 Å². The second-order valence-corrected chi connectivity index (χ2v) is 10.2. The highest BCUT2D eigenvalue weighted by atomic mass is 19.1. The summed E-state index contributed by atoms with van der Waals surface area (Å²) >= 11 is 0. The molecule has 0 saturated carbocycles. The predicted octanol–water partition coefficient (Wildman–Crippen LogP) is 2.61. The lowest BCUT2D eigenvalue weighted by Crippen LogP contribution is -2.67. The van der Waals surface area contributed by atoms with E-state index in [2.05, 4.69) is 30.3 Å². The molecule has 0 aliphatic carbocycles. The first-order chi connectivity index (χ1) is 18.0. The zero-order valence-electron chi connectivity index (χ0n) is 20.4. The summed E-state index contributed by atoms with van der Waals surface area (Å²) < 4.78 is 33.4. The van der Waals surface area contributed by atoms with Crippen LogP contribution in [-0.2, 0) is 15.9 Å². The second-order valence-electron chi connectivity index (χ2n) is 10.2. The van der Waals surface area contributed by atoms with Gasteiger partial charge in [0.05, 0.1) is 36.0 Å². The molecule has 2 aromatic heterocycles. The van der Waals surface area contributed by atoms with Gasteiger partial charge < -0.3 is 18.9 Å². The molecular formula is C25H26FN7O4. The molecule has 2 saturated heterocycles. The fourth-order valence-corrected chi connectivity index (χ4v) is 6.53. The van der Waals surface area contributed by atoms with E-state index in [9.17, 15) is 4.79 Å². The molecule has 0 bridgehead atoms. The molecule has 4 aliphatic rings. The first-order valence-electron chi connectivity index (χ1n) is 12.4. The van der Waals surface area contributed by atoms with Crippen LogP contribution in [0.4, 0.5) is 20.7 Å². The van der Waals surface area contributed by atoms with Crippen LogP contribution in [0.15, 0.2) is 34.0 Å². The maximum Gasteiger partial charge on any atom is 0.416 e. The Labute approximate surface area is 211 Å². The minimum Gasteiger partial charge on any atom is -0.446 e. The van der Waals surface area contributed by atoms with Gasteiger partial charge >= 0.3 is 6.09 Å². The number of rotatable bonds is 2. The van der Waals surface area contributed by atoms with E-state index in [0.29, 0.717) is 43.1 Å². The highest BCUT2D eigenvalue weighted by molar-refractivity contribution is 6.01. The number of aliphatic imine (C=N–C) groups is 1. The second kappa shape index (κ2) is 8.18. The van der Waals surface area contributed by atoms with Crippen molar-refractivity contribution in [3.8, 4) is 0 Å². The van der Waals surface area contributed by atoms with Gasteiger partial charge in [-0.25, -0.2) is 24.1 Å². The number of carbonyl (C=O) groups is 1. The van der Waals surface area contributed by atoms with Gasteiger partial charge in [0.1, 0.15) is 12.6 Å². The minimum absolute atomic E-state index is 0.00175. The van der Waals surface area contributed by atoms with Crippen LogP contribution in [0, 0.1) is 11.2 Å². The number of morpholine rings is 1. The smallest absolute Gasteiger partial charge is 0.416 e. The minimum atomic E-state index is -0.609. The quantitative estimate of drug-likeness (QED) is 0.558. The Morgan fingerprint density at radius 1 is 1.24 bits per heavy atom. The Morgan fingerprint density at radius 3 is 2.86 bits per heavy atom. The predicted molar refractivity (Wildman–Crippen MR) is 131 cm³/mol. The van der Waals surface area contributed by atoms with Gasteiger partial charge in [-0.15, -0.1) is 0 Å². The Kier molecular flexibility index (Phi) is 4.99. The van der Waals surface area contributed by atoms with Crippen molar-refractivity contribution in [2.45, 2.75) is 44.6 Å². The average Bonchev–Trinajstić information content (AvgIpc) is 3.47. The lowest BCUT2D eigenvalue weighted by atomic mass is 9.68. The van der Waals surface area contributed by atoms with Crippen LogP contribution in [0.5, 0.6) is 0 Å². The molecule has 3 aromatic rings. The van der Waals surface area contributed by atoms with Gasteiger partial charge in [-0.1, -0.05) is 5.16 Å². The number of amides is 1.